The van der Waals surface area contributed by atoms with E-state index in [1.54, 1.807) is 12.1 Å². The van der Waals surface area contributed by atoms with Gasteiger partial charge in [-0.2, -0.15) is 0 Å². The molecule has 3 N–H and O–H groups in total. The van der Waals surface area contributed by atoms with Crippen molar-refractivity contribution < 1.29 is 28.2 Å². The van der Waals surface area contributed by atoms with Gasteiger partial charge in [0, 0.05) is 11.6 Å². The maximum Gasteiger partial charge on any atom is 0.271 e. The summed E-state index contributed by atoms with van der Waals surface area (Å²) in [5.74, 6) is -2.86. The third-order valence-corrected chi connectivity index (χ3v) is 5.13. The summed E-state index contributed by atoms with van der Waals surface area (Å²) in [6, 6.07) is 15.2. The summed E-state index contributed by atoms with van der Waals surface area (Å²) in [5.41, 5.74) is 6.91. The van der Waals surface area contributed by atoms with Gasteiger partial charge in [0.25, 0.3) is 11.8 Å². The molecule has 0 saturated heterocycles. The van der Waals surface area contributed by atoms with Crippen molar-refractivity contribution in [2.45, 2.75) is 33.0 Å². The van der Waals surface area contributed by atoms with E-state index in [4.69, 9.17) is 4.74 Å². The summed E-state index contributed by atoms with van der Waals surface area (Å²) in [6.45, 7) is 4.11. The SMILES string of the molecule is CCc1c(C(=O)NNC(=O)[C@H](O)c2cc(F)cc(F)c2)ccc(OCc2ccccc2)c1C. The fourth-order valence-corrected chi connectivity index (χ4v) is 3.43. The average molecular weight is 454 g/mol. The van der Waals surface area contributed by atoms with Crippen LogP contribution in [-0.2, 0) is 17.8 Å². The lowest BCUT2D eigenvalue weighted by atomic mass is 9.98. The summed E-state index contributed by atoms with van der Waals surface area (Å²) in [5, 5.41) is 10.0. The zero-order chi connectivity index (χ0) is 24.0. The van der Waals surface area contributed by atoms with E-state index in [1.807, 2.05) is 44.2 Å². The number of hydrazine groups is 1. The zero-order valence-corrected chi connectivity index (χ0v) is 18.2. The number of ether oxygens (including phenoxy) is 1. The summed E-state index contributed by atoms with van der Waals surface area (Å²) < 4.78 is 32.6. The first-order valence-electron chi connectivity index (χ1n) is 10.3. The minimum atomic E-state index is -1.86. The summed E-state index contributed by atoms with van der Waals surface area (Å²) in [4.78, 5) is 24.8. The van der Waals surface area contributed by atoms with Crippen molar-refractivity contribution >= 4 is 11.8 Å². The zero-order valence-electron chi connectivity index (χ0n) is 18.2. The van der Waals surface area contributed by atoms with Crippen molar-refractivity contribution in [2.75, 3.05) is 0 Å². The van der Waals surface area contributed by atoms with Gasteiger partial charge in [0.2, 0.25) is 0 Å². The monoisotopic (exact) mass is 454 g/mol. The summed E-state index contributed by atoms with van der Waals surface area (Å²) in [6.07, 6.45) is -1.33. The van der Waals surface area contributed by atoms with E-state index in [1.165, 1.54) is 0 Å². The minimum Gasteiger partial charge on any atom is -0.489 e. The molecule has 0 heterocycles. The molecule has 3 aromatic carbocycles. The maximum absolute atomic E-state index is 13.3. The molecule has 0 unspecified atom stereocenters. The number of carbonyl (C=O) groups is 2. The predicted molar refractivity (Wildman–Crippen MR) is 118 cm³/mol. The molecule has 1 atom stereocenters. The second-order valence-electron chi connectivity index (χ2n) is 7.39. The van der Waals surface area contributed by atoms with Gasteiger partial charge in [-0.25, -0.2) is 8.78 Å². The van der Waals surface area contributed by atoms with Gasteiger partial charge in [-0.3, -0.25) is 20.4 Å². The highest BCUT2D eigenvalue weighted by atomic mass is 19.1. The Morgan fingerprint density at radius 3 is 2.30 bits per heavy atom. The molecule has 172 valence electrons. The standard InChI is InChI=1S/C25H24F2N2O4/c1-3-20-15(2)22(33-14-16-7-5-4-6-8-16)10-9-21(20)24(31)28-29-25(32)23(30)17-11-18(26)13-19(27)12-17/h4-13,23,30H,3,14H2,1-2H3,(H,28,31)(H,29,32)/t23-/m1/s1. The van der Waals surface area contributed by atoms with Crippen LogP contribution in [0.3, 0.4) is 0 Å². The third-order valence-electron chi connectivity index (χ3n) is 5.13. The first-order valence-corrected chi connectivity index (χ1v) is 10.3. The predicted octanol–water partition coefficient (Wildman–Crippen LogP) is 3.91. The Labute approximate surface area is 190 Å². The first-order chi connectivity index (χ1) is 15.8. The van der Waals surface area contributed by atoms with Gasteiger partial charge in [0.1, 0.15) is 24.0 Å². The van der Waals surface area contributed by atoms with Crippen LogP contribution in [0.15, 0.2) is 60.7 Å². The Morgan fingerprint density at radius 2 is 1.67 bits per heavy atom. The van der Waals surface area contributed by atoms with Gasteiger partial charge in [-0.05, 0) is 59.9 Å². The molecule has 8 heteroatoms. The second-order valence-corrected chi connectivity index (χ2v) is 7.39. The Hall–Kier alpha value is -3.78. The van der Waals surface area contributed by atoms with E-state index < -0.39 is 29.6 Å². The molecule has 0 fully saturated rings. The first kappa shape index (κ1) is 23.9. The van der Waals surface area contributed by atoms with Gasteiger partial charge in [-0.1, -0.05) is 37.3 Å². The molecule has 3 rings (SSSR count). The van der Waals surface area contributed by atoms with Crippen LogP contribution in [0, 0.1) is 18.6 Å². The molecule has 0 bridgehead atoms. The van der Waals surface area contributed by atoms with Gasteiger partial charge < -0.3 is 9.84 Å². The maximum atomic E-state index is 13.3. The minimum absolute atomic E-state index is 0.274. The number of nitrogens with one attached hydrogen (secondary N) is 2. The van der Waals surface area contributed by atoms with Gasteiger partial charge in [0.15, 0.2) is 6.10 Å². The second kappa shape index (κ2) is 10.7. The number of hydrogen-bond acceptors (Lipinski definition) is 4. The molecular formula is C25H24F2N2O4. The average Bonchev–Trinajstić information content (AvgIpc) is 2.80. The Bertz CT molecular complexity index is 1130. The number of amides is 2. The fourth-order valence-electron chi connectivity index (χ4n) is 3.43. The van der Waals surface area contributed by atoms with Crippen molar-refractivity contribution in [3.8, 4) is 5.75 Å². The van der Waals surface area contributed by atoms with E-state index in [9.17, 15) is 23.5 Å². The molecule has 0 aliphatic carbocycles. The van der Waals surface area contributed by atoms with Crippen molar-refractivity contribution in [2.24, 2.45) is 0 Å². The molecule has 0 aromatic heterocycles. The van der Waals surface area contributed by atoms with Gasteiger partial charge in [-0.15, -0.1) is 0 Å². The highest BCUT2D eigenvalue weighted by molar-refractivity contribution is 5.97. The van der Waals surface area contributed by atoms with Crippen LogP contribution in [0.4, 0.5) is 8.78 Å². The molecule has 0 spiro atoms. The van der Waals surface area contributed by atoms with Crippen LogP contribution in [0.1, 0.15) is 45.6 Å². The lowest BCUT2D eigenvalue weighted by Gasteiger charge is -2.17. The van der Waals surface area contributed by atoms with Gasteiger partial charge in [0.05, 0.1) is 0 Å². The highest BCUT2D eigenvalue weighted by Crippen LogP contribution is 2.26. The van der Waals surface area contributed by atoms with E-state index in [-0.39, 0.29) is 5.56 Å². The van der Waals surface area contributed by atoms with E-state index in [0.717, 1.165) is 28.8 Å². The quantitative estimate of drug-likeness (QED) is 0.473. The van der Waals surface area contributed by atoms with E-state index >= 15 is 0 Å². The number of rotatable bonds is 7. The largest absolute Gasteiger partial charge is 0.489 e. The highest BCUT2D eigenvalue weighted by Gasteiger charge is 2.21. The topological polar surface area (TPSA) is 87.7 Å². The normalized spacial score (nSPS) is 11.5. The summed E-state index contributed by atoms with van der Waals surface area (Å²) >= 11 is 0. The van der Waals surface area contributed by atoms with Crippen molar-refractivity contribution in [1.82, 2.24) is 10.9 Å². The number of aliphatic hydroxyl groups excluding tert-OH is 1. The lowest BCUT2D eigenvalue weighted by Crippen LogP contribution is -2.44. The molecule has 0 aliphatic rings. The molecule has 3 aromatic rings. The number of aliphatic hydroxyl groups is 1. The Morgan fingerprint density at radius 1 is 1.00 bits per heavy atom. The molecule has 6 nitrogen and oxygen atoms in total. The van der Waals surface area contributed by atoms with Crippen LogP contribution >= 0.6 is 0 Å². The summed E-state index contributed by atoms with van der Waals surface area (Å²) in [7, 11) is 0. The van der Waals surface area contributed by atoms with Crippen molar-refractivity contribution in [3.63, 3.8) is 0 Å². The lowest BCUT2D eigenvalue weighted by molar-refractivity contribution is -0.130. The van der Waals surface area contributed by atoms with Crippen molar-refractivity contribution in [1.29, 1.82) is 0 Å². The molecule has 0 aliphatic heterocycles. The number of benzene rings is 3. The van der Waals surface area contributed by atoms with Gasteiger partial charge >= 0.3 is 0 Å². The number of halogens is 2. The molecule has 0 radical (unpaired) electrons. The fraction of sp³-hybridized carbons (Fsp3) is 0.200. The van der Waals surface area contributed by atoms with E-state index in [0.29, 0.717) is 30.4 Å². The third kappa shape index (κ3) is 5.93. The van der Waals surface area contributed by atoms with Crippen LogP contribution in [0.5, 0.6) is 5.75 Å². The number of hydrogen-bond donors (Lipinski definition) is 3. The van der Waals surface area contributed by atoms with Crippen molar-refractivity contribution in [3.05, 3.63) is 100 Å². The smallest absolute Gasteiger partial charge is 0.271 e. The van der Waals surface area contributed by atoms with Crippen LogP contribution < -0.4 is 15.6 Å². The molecule has 0 saturated carbocycles. The van der Waals surface area contributed by atoms with E-state index in [2.05, 4.69) is 10.9 Å². The molecule has 2 amide bonds. The number of carbonyl (C=O) groups excluding carboxylic acids is 2. The van der Waals surface area contributed by atoms with Crippen LogP contribution in [0.2, 0.25) is 0 Å². The van der Waals surface area contributed by atoms with Crippen LogP contribution in [-0.4, -0.2) is 16.9 Å². The van der Waals surface area contributed by atoms with Crippen LogP contribution in [0.25, 0.3) is 0 Å². The molecule has 33 heavy (non-hydrogen) atoms. The Kier molecular flexibility index (Phi) is 7.74. The Balaban J connectivity index is 1.67. The molecular weight excluding hydrogens is 430 g/mol.